The van der Waals surface area contributed by atoms with E-state index in [9.17, 15) is 8.42 Å². The first-order valence-electron chi connectivity index (χ1n) is 4.30. The standard InChI is InChI=1S/C8H8ClN3O2S2/c1-5-3-4-6(15-5)7-10-11-8(12(7)2)16(9,13)14/h3-4H,1-2H3. The summed E-state index contributed by atoms with van der Waals surface area (Å²) in [6.07, 6.45) is 0. The van der Waals surface area contributed by atoms with Crippen molar-refractivity contribution in [3.63, 3.8) is 0 Å². The Hall–Kier alpha value is -0.920. The molecular formula is C8H8ClN3O2S2. The third-order valence-electron chi connectivity index (χ3n) is 2.01. The lowest BCUT2D eigenvalue weighted by atomic mass is 10.4. The van der Waals surface area contributed by atoms with Gasteiger partial charge in [0.25, 0.3) is 14.2 Å². The van der Waals surface area contributed by atoms with E-state index in [4.69, 9.17) is 10.7 Å². The fourth-order valence-corrected chi connectivity index (χ4v) is 3.14. The molecule has 0 unspecified atom stereocenters. The summed E-state index contributed by atoms with van der Waals surface area (Å²) in [5.74, 6) is 0.498. The Balaban J connectivity index is 2.58. The summed E-state index contributed by atoms with van der Waals surface area (Å²) in [4.78, 5) is 1.98. The summed E-state index contributed by atoms with van der Waals surface area (Å²) in [6.45, 7) is 1.96. The number of nitrogens with zero attached hydrogens (tertiary/aromatic N) is 3. The number of halogens is 1. The van der Waals surface area contributed by atoms with E-state index in [1.807, 2.05) is 19.1 Å². The van der Waals surface area contributed by atoms with Gasteiger partial charge in [-0.1, -0.05) is 0 Å². The van der Waals surface area contributed by atoms with Crippen molar-refractivity contribution in [2.24, 2.45) is 7.05 Å². The minimum atomic E-state index is -3.85. The summed E-state index contributed by atoms with van der Waals surface area (Å²) in [6, 6.07) is 3.80. The second-order valence-corrected chi connectivity index (χ2v) is 6.96. The Morgan fingerprint density at radius 2 is 2.06 bits per heavy atom. The fourth-order valence-electron chi connectivity index (χ4n) is 1.30. The van der Waals surface area contributed by atoms with Gasteiger partial charge in [-0.3, -0.25) is 4.57 Å². The molecule has 8 heteroatoms. The number of rotatable bonds is 2. The lowest BCUT2D eigenvalue weighted by Gasteiger charge is -1.98. The molecule has 0 aliphatic rings. The second kappa shape index (κ2) is 3.83. The third-order valence-corrected chi connectivity index (χ3v) is 4.22. The molecule has 0 fully saturated rings. The molecule has 0 N–H and O–H groups in total. The summed E-state index contributed by atoms with van der Waals surface area (Å²) in [5, 5.41) is 7.16. The van der Waals surface area contributed by atoms with Gasteiger partial charge in [0.1, 0.15) is 0 Å². The van der Waals surface area contributed by atoms with E-state index in [1.54, 1.807) is 7.05 Å². The van der Waals surface area contributed by atoms with Gasteiger partial charge in [0.15, 0.2) is 5.82 Å². The molecule has 0 aliphatic heterocycles. The average Bonchev–Trinajstić information content (AvgIpc) is 2.70. The highest BCUT2D eigenvalue weighted by molar-refractivity contribution is 8.13. The van der Waals surface area contributed by atoms with Crippen molar-refractivity contribution in [3.05, 3.63) is 17.0 Å². The van der Waals surface area contributed by atoms with Gasteiger partial charge >= 0.3 is 0 Å². The molecule has 0 bridgehead atoms. The average molecular weight is 278 g/mol. The van der Waals surface area contributed by atoms with E-state index in [0.717, 1.165) is 9.75 Å². The molecule has 0 spiro atoms. The minimum Gasteiger partial charge on any atom is -0.299 e. The summed E-state index contributed by atoms with van der Waals surface area (Å²) in [7, 11) is 2.94. The van der Waals surface area contributed by atoms with Crippen molar-refractivity contribution in [1.29, 1.82) is 0 Å². The fraction of sp³-hybridized carbons (Fsp3) is 0.250. The largest absolute Gasteiger partial charge is 0.299 e. The quantitative estimate of drug-likeness (QED) is 0.785. The molecule has 0 saturated carbocycles. The Bertz CT molecular complexity index is 630. The van der Waals surface area contributed by atoms with Gasteiger partial charge in [0.05, 0.1) is 4.88 Å². The molecule has 2 rings (SSSR count). The monoisotopic (exact) mass is 277 g/mol. The Morgan fingerprint density at radius 3 is 2.50 bits per heavy atom. The minimum absolute atomic E-state index is 0.241. The lowest BCUT2D eigenvalue weighted by Crippen LogP contribution is -2.02. The van der Waals surface area contributed by atoms with Crippen LogP contribution >= 0.6 is 22.0 Å². The van der Waals surface area contributed by atoms with Gasteiger partial charge in [-0.15, -0.1) is 21.5 Å². The highest BCUT2D eigenvalue weighted by atomic mass is 35.7. The second-order valence-electron chi connectivity index (χ2n) is 3.21. The van der Waals surface area contributed by atoms with E-state index in [0.29, 0.717) is 5.82 Å². The Labute approximate surface area is 101 Å². The molecule has 5 nitrogen and oxygen atoms in total. The number of hydrogen-bond donors (Lipinski definition) is 0. The normalized spacial score (nSPS) is 11.9. The van der Waals surface area contributed by atoms with Crippen molar-refractivity contribution >= 4 is 31.1 Å². The zero-order chi connectivity index (χ0) is 11.9. The first kappa shape index (κ1) is 11.6. The Kier molecular flexibility index (Phi) is 2.77. The summed E-state index contributed by atoms with van der Waals surface area (Å²) < 4.78 is 23.7. The molecule has 0 amide bonds. The molecule has 0 saturated heterocycles. The summed E-state index contributed by atoms with van der Waals surface area (Å²) in [5.41, 5.74) is 0. The van der Waals surface area contributed by atoms with Crippen LogP contribution in [-0.2, 0) is 16.1 Å². The van der Waals surface area contributed by atoms with Crippen LogP contribution in [0, 0.1) is 6.92 Å². The molecule has 2 heterocycles. The Morgan fingerprint density at radius 1 is 1.38 bits per heavy atom. The van der Waals surface area contributed by atoms with Crippen LogP contribution in [0.2, 0.25) is 0 Å². The molecule has 2 aromatic heterocycles. The van der Waals surface area contributed by atoms with Crippen LogP contribution in [0.15, 0.2) is 17.3 Å². The van der Waals surface area contributed by atoms with Gasteiger partial charge in [-0.2, -0.15) is 0 Å². The lowest BCUT2D eigenvalue weighted by molar-refractivity contribution is 0.593. The molecule has 2 aromatic rings. The van der Waals surface area contributed by atoms with Crippen molar-refractivity contribution in [3.8, 4) is 10.7 Å². The number of aryl methyl sites for hydroxylation is 1. The smallest absolute Gasteiger partial charge is 0.296 e. The predicted molar refractivity (Wildman–Crippen MR) is 62.1 cm³/mol. The number of thiophene rings is 1. The highest BCUT2D eigenvalue weighted by Crippen LogP contribution is 2.27. The van der Waals surface area contributed by atoms with Crippen LogP contribution in [0.3, 0.4) is 0 Å². The molecule has 16 heavy (non-hydrogen) atoms. The van der Waals surface area contributed by atoms with Crippen molar-refractivity contribution in [1.82, 2.24) is 14.8 Å². The molecule has 0 radical (unpaired) electrons. The molecule has 86 valence electrons. The van der Waals surface area contributed by atoms with E-state index in [-0.39, 0.29) is 5.16 Å². The van der Waals surface area contributed by atoms with Crippen molar-refractivity contribution in [2.75, 3.05) is 0 Å². The van der Waals surface area contributed by atoms with Crippen LogP contribution in [-0.4, -0.2) is 23.2 Å². The van der Waals surface area contributed by atoms with Crippen LogP contribution < -0.4 is 0 Å². The van der Waals surface area contributed by atoms with Gasteiger partial charge in [0, 0.05) is 22.6 Å². The van der Waals surface area contributed by atoms with Gasteiger partial charge < -0.3 is 0 Å². The maximum atomic E-state index is 11.1. The zero-order valence-corrected chi connectivity index (χ0v) is 10.9. The maximum Gasteiger partial charge on any atom is 0.296 e. The van der Waals surface area contributed by atoms with E-state index in [2.05, 4.69) is 10.2 Å². The van der Waals surface area contributed by atoms with Crippen LogP contribution in [0.25, 0.3) is 10.7 Å². The van der Waals surface area contributed by atoms with Gasteiger partial charge in [-0.25, -0.2) is 8.42 Å². The molecule has 0 aromatic carbocycles. The predicted octanol–water partition coefficient (Wildman–Crippen LogP) is 1.78. The summed E-state index contributed by atoms with van der Waals surface area (Å²) >= 11 is 1.52. The third kappa shape index (κ3) is 1.98. The van der Waals surface area contributed by atoms with E-state index in [1.165, 1.54) is 15.9 Å². The van der Waals surface area contributed by atoms with Gasteiger partial charge in [0.2, 0.25) is 0 Å². The maximum absolute atomic E-state index is 11.1. The van der Waals surface area contributed by atoms with E-state index < -0.39 is 9.05 Å². The number of hydrogen-bond acceptors (Lipinski definition) is 5. The zero-order valence-electron chi connectivity index (χ0n) is 8.51. The number of aromatic nitrogens is 3. The first-order valence-corrected chi connectivity index (χ1v) is 7.43. The van der Waals surface area contributed by atoms with Crippen LogP contribution in [0.1, 0.15) is 4.88 Å². The van der Waals surface area contributed by atoms with Crippen LogP contribution in [0.5, 0.6) is 0 Å². The molecule has 0 aliphatic carbocycles. The first-order chi connectivity index (χ1) is 7.39. The van der Waals surface area contributed by atoms with Crippen molar-refractivity contribution < 1.29 is 8.42 Å². The topological polar surface area (TPSA) is 64.8 Å². The van der Waals surface area contributed by atoms with E-state index >= 15 is 0 Å². The van der Waals surface area contributed by atoms with Gasteiger partial charge in [-0.05, 0) is 19.1 Å². The highest BCUT2D eigenvalue weighted by Gasteiger charge is 2.21. The van der Waals surface area contributed by atoms with Crippen LogP contribution in [0.4, 0.5) is 0 Å². The molecule has 0 atom stereocenters. The molecular weight excluding hydrogens is 270 g/mol. The van der Waals surface area contributed by atoms with Crippen molar-refractivity contribution in [2.45, 2.75) is 12.1 Å². The SMILES string of the molecule is Cc1ccc(-c2nnc(S(=O)(=O)Cl)n2C)s1.